The Hall–Kier alpha value is -1.90. The van der Waals surface area contributed by atoms with Crippen LogP contribution in [0.1, 0.15) is 11.1 Å². The molecule has 33 heavy (non-hydrogen) atoms. The van der Waals surface area contributed by atoms with Gasteiger partial charge in [0.05, 0.1) is 19.1 Å². The van der Waals surface area contributed by atoms with E-state index in [1.165, 1.54) is 18.0 Å². The minimum Gasteiger partial charge on any atom is -0.493 e. The van der Waals surface area contributed by atoms with Crippen LogP contribution in [0.2, 0.25) is 15.1 Å². The molecule has 3 aromatic rings. The van der Waals surface area contributed by atoms with E-state index in [2.05, 4.69) is 26.5 Å². The van der Waals surface area contributed by atoms with E-state index in [1.807, 2.05) is 12.1 Å². The Bertz CT molecular complexity index is 1160. The lowest BCUT2D eigenvalue weighted by atomic mass is 10.2. The monoisotopic (exact) mass is 586 g/mol. The SMILES string of the molecule is COc1cc(/C=N\NC(=O)CSc2ccc(Cl)cc2)c(Br)cc1OCc1ccc(Cl)cc1Cl. The lowest BCUT2D eigenvalue weighted by Gasteiger charge is -2.13. The summed E-state index contributed by atoms with van der Waals surface area (Å²) in [5, 5.41) is 5.77. The van der Waals surface area contributed by atoms with E-state index in [1.54, 1.807) is 49.6 Å². The number of hydrazone groups is 1. The number of nitrogens with one attached hydrogen (secondary N) is 1. The van der Waals surface area contributed by atoms with E-state index < -0.39 is 0 Å². The van der Waals surface area contributed by atoms with Gasteiger partial charge in [0, 0.05) is 35.6 Å². The molecule has 5 nitrogen and oxygen atoms in total. The molecule has 172 valence electrons. The molecule has 0 atom stereocenters. The minimum absolute atomic E-state index is 0.226. The molecule has 0 radical (unpaired) electrons. The van der Waals surface area contributed by atoms with E-state index in [4.69, 9.17) is 44.3 Å². The van der Waals surface area contributed by atoms with Gasteiger partial charge in [0.1, 0.15) is 6.61 Å². The van der Waals surface area contributed by atoms with E-state index in [0.717, 1.165) is 10.5 Å². The topological polar surface area (TPSA) is 59.9 Å². The lowest BCUT2D eigenvalue weighted by Crippen LogP contribution is -2.19. The molecule has 0 aliphatic rings. The maximum atomic E-state index is 12.1. The van der Waals surface area contributed by atoms with Crippen molar-refractivity contribution in [2.45, 2.75) is 11.5 Å². The summed E-state index contributed by atoms with van der Waals surface area (Å²) >= 11 is 22.9. The third-order valence-electron chi connectivity index (χ3n) is 4.26. The highest BCUT2D eigenvalue weighted by Gasteiger charge is 2.11. The van der Waals surface area contributed by atoms with Gasteiger partial charge in [-0.15, -0.1) is 11.8 Å². The molecule has 3 aromatic carbocycles. The van der Waals surface area contributed by atoms with Gasteiger partial charge in [-0.1, -0.05) is 40.9 Å². The highest BCUT2D eigenvalue weighted by atomic mass is 79.9. The molecule has 0 aromatic heterocycles. The van der Waals surface area contributed by atoms with Crippen LogP contribution in [-0.2, 0) is 11.4 Å². The number of carbonyl (C=O) groups excluding carboxylic acids is 1. The second kappa shape index (κ2) is 12.5. The first-order chi connectivity index (χ1) is 15.9. The second-order valence-corrected chi connectivity index (χ2v) is 9.77. The quantitative estimate of drug-likeness (QED) is 0.163. The molecule has 3 rings (SSSR count). The van der Waals surface area contributed by atoms with Crippen molar-refractivity contribution >= 4 is 74.6 Å². The average Bonchev–Trinajstić information content (AvgIpc) is 2.79. The van der Waals surface area contributed by atoms with Crippen molar-refractivity contribution in [3.05, 3.63) is 85.3 Å². The number of hydrogen-bond donors (Lipinski definition) is 1. The first kappa shape index (κ1) is 25.7. The van der Waals surface area contributed by atoms with Crippen LogP contribution in [0.5, 0.6) is 11.5 Å². The molecule has 0 aliphatic heterocycles. The van der Waals surface area contributed by atoms with Gasteiger partial charge in [-0.25, -0.2) is 5.43 Å². The van der Waals surface area contributed by atoms with E-state index in [9.17, 15) is 4.79 Å². The Morgan fingerprint density at radius 2 is 1.79 bits per heavy atom. The van der Waals surface area contributed by atoms with Crippen molar-refractivity contribution < 1.29 is 14.3 Å². The number of methoxy groups -OCH3 is 1. The molecule has 1 N–H and O–H groups in total. The van der Waals surface area contributed by atoms with Gasteiger partial charge >= 0.3 is 0 Å². The van der Waals surface area contributed by atoms with Gasteiger partial charge in [0.2, 0.25) is 5.91 Å². The van der Waals surface area contributed by atoms with Gasteiger partial charge in [-0.05, 0) is 64.5 Å². The van der Waals surface area contributed by atoms with Crippen LogP contribution < -0.4 is 14.9 Å². The molecule has 0 aliphatic carbocycles. The van der Waals surface area contributed by atoms with Crippen LogP contribution in [-0.4, -0.2) is 25.0 Å². The van der Waals surface area contributed by atoms with Gasteiger partial charge in [0.15, 0.2) is 11.5 Å². The number of hydrogen-bond acceptors (Lipinski definition) is 5. The number of nitrogens with zero attached hydrogens (tertiary/aromatic N) is 1. The number of benzene rings is 3. The normalized spacial score (nSPS) is 10.9. The summed E-state index contributed by atoms with van der Waals surface area (Å²) < 4.78 is 12.0. The Balaban J connectivity index is 1.59. The summed E-state index contributed by atoms with van der Waals surface area (Å²) in [5.74, 6) is 1.03. The third kappa shape index (κ3) is 7.83. The van der Waals surface area contributed by atoms with Crippen molar-refractivity contribution in [3.63, 3.8) is 0 Å². The Kier molecular flexibility index (Phi) is 9.77. The van der Waals surface area contributed by atoms with Crippen molar-refractivity contribution in [1.29, 1.82) is 0 Å². The standard InChI is InChI=1S/C23H18BrCl3N2O3S/c1-31-21-8-15(11-28-29-23(30)13-33-18-6-4-16(25)5-7-18)19(24)10-22(21)32-12-14-2-3-17(26)9-20(14)27/h2-11H,12-13H2,1H3,(H,29,30)/b28-11-. The molecule has 0 saturated heterocycles. The van der Waals surface area contributed by atoms with Crippen LogP contribution in [0.25, 0.3) is 0 Å². The van der Waals surface area contributed by atoms with E-state index >= 15 is 0 Å². The number of ether oxygens (including phenoxy) is 2. The highest BCUT2D eigenvalue weighted by molar-refractivity contribution is 9.10. The fourth-order valence-electron chi connectivity index (χ4n) is 2.60. The molecule has 0 saturated carbocycles. The molecule has 0 fully saturated rings. The number of carbonyl (C=O) groups is 1. The molecule has 1 amide bonds. The van der Waals surface area contributed by atoms with Gasteiger partial charge in [-0.3, -0.25) is 4.79 Å². The summed E-state index contributed by atoms with van der Waals surface area (Å²) in [6.07, 6.45) is 1.53. The van der Waals surface area contributed by atoms with E-state index in [-0.39, 0.29) is 18.3 Å². The Morgan fingerprint density at radius 3 is 2.48 bits per heavy atom. The van der Waals surface area contributed by atoms with Crippen LogP contribution >= 0.6 is 62.5 Å². The van der Waals surface area contributed by atoms with Crippen LogP contribution in [0.4, 0.5) is 0 Å². The molecule has 0 unspecified atom stereocenters. The first-order valence-corrected chi connectivity index (χ1v) is 12.4. The van der Waals surface area contributed by atoms with Crippen LogP contribution in [0.15, 0.2) is 69.1 Å². The summed E-state index contributed by atoms with van der Waals surface area (Å²) in [6.45, 7) is 0.244. The molecular weight excluding hydrogens is 571 g/mol. The predicted octanol–water partition coefficient (Wildman–Crippen LogP) is 7.24. The Morgan fingerprint density at radius 1 is 1.06 bits per heavy atom. The number of amides is 1. The summed E-state index contributed by atoms with van der Waals surface area (Å²) in [4.78, 5) is 13.0. The smallest absolute Gasteiger partial charge is 0.250 e. The van der Waals surface area contributed by atoms with Gasteiger partial charge in [0.25, 0.3) is 0 Å². The van der Waals surface area contributed by atoms with Crippen LogP contribution in [0, 0.1) is 0 Å². The molecule has 10 heteroatoms. The Labute approximate surface area is 219 Å². The number of halogens is 4. The summed E-state index contributed by atoms with van der Waals surface area (Å²) in [5.41, 5.74) is 4.01. The minimum atomic E-state index is -0.228. The van der Waals surface area contributed by atoms with Crippen molar-refractivity contribution in [2.24, 2.45) is 5.10 Å². The molecule has 0 bridgehead atoms. The fraction of sp³-hybridized carbons (Fsp3) is 0.130. The predicted molar refractivity (Wildman–Crippen MR) is 139 cm³/mol. The highest BCUT2D eigenvalue weighted by Crippen LogP contribution is 2.34. The zero-order valence-corrected chi connectivity index (χ0v) is 22.0. The zero-order chi connectivity index (χ0) is 23.8. The summed E-state index contributed by atoms with van der Waals surface area (Å²) in [7, 11) is 1.54. The summed E-state index contributed by atoms with van der Waals surface area (Å²) in [6, 6.07) is 16.0. The largest absolute Gasteiger partial charge is 0.493 e. The van der Waals surface area contributed by atoms with Gasteiger partial charge < -0.3 is 9.47 Å². The third-order valence-corrected chi connectivity index (χ3v) is 6.80. The second-order valence-electron chi connectivity index (χ2n) is 6.58. The number of rotatable bonds is 9. The fourth-order valence-corrected chi connectivity index (χ4v) is 4.31. The molecular formula is C23H18BrCl3N2O3S. The van der Waals surface area contributed by atoms with Gasteiger partial charge in [-0.2, -0.15) is 5.10 Å². The van der Waals surface area contributed by atoms with Crippen molar-refractivity contribution in [2.75, 3.05) is 12.9 Å². The van der Waals surface area contributed by atoms with Crippen molar-refractivity contribution in [1.82, 2.24) is 5.43 Å². The maximum Gasteiger partial charge on any atom is 0.250 e. The average molecular weight is 589 g/mol. The van der Waals surface area contributed by atoms with E-state index in [0.29, 0.717) is 36.6 Å². The maximum absolute atomic E-state index is 12.1. The van der Waals surface area contributed by atoms with Crippen molar-refractivity contribution in [3.8, 4) is 11.5 Å². The number of thioether (sulfide) groups is 1. The first-order valence-electron chi connectivity index (χ1n) is 9.50. The lowest BCUT2D eigenvalue weighted by molar-refractivity contribution is -0.118. The van der Waals surface area contributed by atoms with Crippen LogP contribution in [0.3, 0.4) is 0 Å². The zero-order valence-electron chi connectivity index (χ0n) is 17.3. The molecule has 0 heterocycles. The molecule has 0 spiro atoms.